The van der Waals surface area contributed by atoms with Crippen LogP contribution < -0.4 is 0 Å². The molecule has 13 heavy (non-hydrogen) atoms. The fourth-order valence-corrected chi connectivity index (χ4v) is 2.90. The van der Waals surface area contributed by atoms with E-state index >= 15 is 0 Å². The fraction of sp³-hybridized carbons (Fsp3) is 0.600. The van der Waals surface area contributed by atoms with Crippen LogP contribution in [0.3, 0.4) is 0 Å². The molecule has 0 spiro atoms. The maximum absolute atomic E-state index is 8.78. The third kappa shape index (κ3) is 0.713. The minimum atomic E-state index is 0.622. The quantitative estimate of drug-likeness (QED) is 0.701. The summed E-state index contributed by atoms with van der Waals surface area (Å²) in [5.74, 6) is 2.38. The molecule has 1 N–H and O–H groups in total. The van der Waals surface area contributed by atoms with Crippen molar-refractivity contribution in [3.8, 4) is 6.07 Å². The van der Waals surface area contributed by atoms with Gasteiger partial charge in [0.05, 0.1) is 0 Å². The second-order valence-electron chi connectivity index (χ2n) is 4.04. The van der Waals surface area contributed by atoms with Crippen molar-refractivity contribution in [3.63, 3.8) is 0 Å². The number of nitrogens with one attached hydrogen (secondary N) is 1. The van der Waals surface area contributed by atoms with E-state index < -0.39 is 0 Å². The lowest BCUT2D eigenvalue weighted by Gasteiger charge is -1.98. The number of aromatic nitrogens is 2. The Bertz CT molecular complexity index is 399. The van der Waals surface area contributed by atoms with Crippen LogP contribution in [-0.2, 0) is 6.42 Å². The molecule has 1 aromatic heterocycles. The Balaban J connectivity index is 2.01. The zero-order valence-electron chi connectivity index (χ0n) is 7.54. The van der Waals surface area contributed by atoms with Crippen LogP contribution in [0.1, 0.15) is 36.2 Å². The largest absolute Gasteiger partial charge is 0.281 e. The molecule has 0 saturated heterocycles. The van der Waals surface area contributed by atoms with E-state index in [1.54, 1.807) is 0 Å². The lowest BCUT2D eigenvalue weighted by molar-refractivity contribution is 0.669. The Morgan fingerprint density at radius 3 is 3.23 bits per heavy atom. The molecular formula is C10H11N3. The molecule has 0 aliphatic heterocycles. The number of hydrogen-bond acceptors (Lipinski definition) is 2. The molecule has 3 nitrogen and oxygen atoms in total. The van der Waals surface area contributed by atoms with Crippen LogP contribution in [0.15, 0.2) is 0 Å². The number of fused-ring (bicyclic) bond motifs is 3. The summed E-state index contributed by atoms with van der Waals surface area (Å²) < 4.78 is 0. The molecule has 1 heterocycles. The van der Waals surface area contributed by atoms with Crippen LogP contribution >= 0.6 is 0 Å². The number of hydrogen-bond donors (Lipinski definition) is 1. The molecule has 0 amide bonds. The van der Waals surface area contributed by atoms with E-state index in [9.17, 15) is 0 Å². The zero-order chi connectivity index (χ0) is 9.00. The molecule has 1 fully saturated rings. The average Bonchev–Trinajstić information content (AvgIpc) is 2.54. The van der Waals surface area contributed by atoms with E-state index in [-0.39, 0.29) is 0 Å². The summed E-state index contributed by atoms with van der Waals surface area (Å²) in [5, 5.41) is 15.8. The molecular weight excluding hydrogens is 162 g/mol. The van der Waals surface area contributed by atoms with Gasteiger partial charge in [-0.05, 0) is 18.3 Å². The van der Waals surface area contributed by atoms with Gasteiger partial charge in [-0.25, -0.2) is 0 Å². The number of nitriles is 1. The van der Waals surface area contributed by atoms with Crippen LogP contribution in [0.4, 0.5) is 0 Å². The molecule has 66 valence electrons. The smallest absolute Gasteiger partial charge is 0.165 e. The van der Waals surface area contributed by atoms with Gasteiger partial charge in [0.15, 0.2) is 5.69 Å². The first-order valence-electron chi connectivity index (χ1n) is 4.84. The highest BCUT2D eigenvalue weighted by Crippen LogP contribution is 2.62. The second-order valence-corrected chi connectivity index (χ2v) is 4.04. The molecule has 3 heteroatoms. The number of nitrogens with zero attached hydrogens (tertiary/aromatic N) is 2. The van der Waals surface area contributed by atoms with Crippen LogP contribution in [-0.4, -0.2) is 10.2 Å². The third-order valence-electron chi connectivity index (χ3n) is 3.58. The summed E-state index contributed by atoms with van der Waals surface area (Å²) in [6, 6.07) is 2.14. The minimum absolute atomic E-state index is 0.622. The summed E-state index contributed by atoms with van der Waals surface area (Å²) in [7, 11) is 0. The third-order valence-corrected chi connectivity index (χ3v) is 3.58. The Kier molecular flexibility index (Phi) is 1.17. The Hall–Kier alpha value is -1.30. The van der Waals surface area contributed by atoms with Gasteiger partial charge >= 0.3 is 0 Å². The highest BCUT2D eigenvalue weighted by Gasteiger charge is 2.56. The van der Waals surface area contributed by atoms with E-state index in [2.05, 4.69) is 23.2 Å². The predicted molar refractivity (Wildman–Crippen MR) is 47.0 cm³/mol. The van der Waals surface area contributed by atoms with E-state index in [4.69, 9.17) is 5.26 Å². The van der Waals surface area contributed by atoms with Gasteiger partial charge in [-0.2, -0.15) is 10.4 Å². The van der Waals surface area contributed by atoms with Gasteiger partial charge in [-0.15, -0.1) is 0 Å². The fourth-order valence-electron chi connectivity index (χ4n) is 2.90. The first-order chi connectivity index (χ1) is 6.36. The van der Waals surface area contributed by atoms with Crippen molar-refractivity contribution in [3.05, 3.63) is 17.0 Å². The predicted octanol–water partition coefficient (Wildman–Crippen LogP) is 1.58. The van der Waals surface area contributed by atoms with Crippen LogP contribution in [0.5, 0.6) is 0 Å². The van der Waals surface area contributed by atoms with Gasteiger partial charge in [-0.3, -0.25) is 5.10 Å². The maximum Gasteiger partial charge on any atom is 0.165 e. The Labute approximate surface area is 76.8 Å². The molecule has 0 radical (unpaired) electrons. The maximum atomic E-state index is 8.78. The number of aromatic amines is 1. The van der Waals surface area contributed by atoms with Gasteiger partial charge < -0.3 is 0 Å². The lowest BCUT2D eigenvalue weighted by Crippen LogP contribution is -1.92. The van der Waals surface area contributed by atoms with Crippen molar-refractivity contribution in [2.75, 3.05) is 0 Å². The van der Waals surface area contributed by atoms with Crippen molar-refractivity contribution in [1.29, 1.82) is 5.26 Å². The summed E-state index contributed by atoms with van der Waals surface area (Å²) in [5.41, 5.74) is 3.08. The summed E-state index contributed by atoms with van der Waals surface area (Å²) in [4.78, 5) is 0. The van der Waals surface area contributed by atoms with Gasteiger partial charge in [0.25, 0.3) is 0 Å². The van der Waals surface area contributed by atoms with Crippen molar-refractivity contribution in [2.24, 2.45) is 11.8 Å². The van der Waals surface area contributed by atoms with E-state index in [0.29, 0.717) is 11.6 Å². The monoisotopic (exact) mass is 173 g/mol. The molecule has 3 unspecified atom stereocenters. The van der Waals surface area contributed by atoms with Crippen molar-refractivity contribution in [2.45, 2.75) is 25.7 Å². The van der Waals surface area contributed by atoms with Gasteiger partial charge in [0.2, 0.25) is 0 Å². The molecule has 3 atom stereocenters. The summed E-state index contributed by atoms with van der Waals surface area (Å²) >= 11 is 0. The highest BCUT2D eigenvalue weighted by atomic mass is 15.1. The molecule has 3 rings (SSSR count). The second kappa shape index (κ2) is 2.14. The highest BCUT2D eigenvalue weighted by molar-refractivity contribution is 5.45. The van der Waals surface area contributed by atoms with E-state index in [1.807, 2.05) is 0 Å². The molecule has 0 bridgehead atoms. The Morgan fingerprint density at radius 2 is 2.54 bits per heavy atom. The number of H-pyrrole nitrogens is 1. The zero-order valence-corrected chi connectivity index (χ0v) is 7.54. The van der Waals surface area contributed by atoms with Crippen LogP contribution in [0.2, 0.25) is 0 Å². The topological polar surface area (TPSA) is 52.5 Å². The van der Waals surface area contributed by atoms with Crippen molar-refractivity contribution in [1.82, 2.24) is 10.2 Å². The minimum Gasteiger partial charge on any atom is -0.281 e. The van der Waals surface area contributed by atoms with Gasteiger partial charge in [0, 0.05) is 17.2 Å². The number of rotatable bonds is 1. The van der Waals surface area contributed by atoms with Gasteiger partial charge in [-0.1, -0.05) is 13.3 Å². The SMILES string of the molecule is CCC1C2Cc3c(C#N)n[nH]c3C12. The average molecular weight is 173 g/mol. The van der Waals surface area contributed by atoms with E-state index in [1.165, 1.54) is 17.7 Å². The standard InChI is InChI=1S/C10H11N3/c1-2-5-6-3-7-8(4-11)12-13-10(7)9(5)6/h5-6,9H,2-3H2,1H3,(H,12,13). The molecule has 0 aromatic carbocycles. The van der Waals surface area contributed by atoms with Crippen LogP contribution in [0.25, 0.3) is 0 Å². The van der Waals surface area contributed by atoms with Crippen LogP contribution in [0, 0.1) is 23.2 Å². The lowest BCUT2D eigenvalue weighted by atomic mass is 10.1. The summed E-state index contributed by atoms with van der Waals surface area (Å²) in [6.07, 6.45) is 2.34. The molecule has 1 aromatic rings. The van der Waals surface area contributed by atoms with Crippen molar-refractivity contribution < 1.29 is 0 Å². The normalized spacial score (nSPS) is 33.7. The van der Waals surface area contributed by atoms with Gasteiger partial charge in [0.1, 0.15) is 6.07 Å². The Morgan fingerprint density at radius 1 is 1.69 bits per heavy atom. The first-order valence-corrected chi connectivity index (χ1v) is 4.84. The molecule has 2 aliphatic rings. The molecule has 2 aliphatic carbocycles. The first kappa shape index (κ1) is 7.14. The summed E-state index contributed by atoms with van der Waals surface area (Å²) in [6.45, 7) is 2.24. The van der Waals surface area contributed by atoms with Crippen molar-refractivity contribution >= 4 is 0 Å². The van der Waals surface area contributed by atoms with E-state index in [0.717, 1.165) is 18.3 Å². The molecule has 1 saturated carbocycles.